The van der Waals surface area contributed by atoms with Gasteiger partial charge in [0, 0.05) is 12.2 Å². The van der Waals surface area contributed by atoms with Gasteiger partial charge < -0.3 is 15.8 Å². The third-order valence-corrected chi connectivity index (χ3v) is 2.81. The normalized spacial score (nSPS) is 9.95. The number of nitrogens with one attached hydrogen (secondary N) is 1. The first-order chi connectivity index (χ1) is 9.20. The number of ether oxygens (including phenoxy) is 1. The first-order valence-corrected chi connectivity index (χ1v) is 5.96. The molecule has 1 amide bonds. The molecule has 3 N–H and O–H groups in total. The summed E-state index contributed by atoms with van der Waals surface area (Å²) in [6.07, 6.45) is 0. The number of hydrogen-bond donors (Lipinski definition) is 2. The number of benzene rings is 2. The molecule has 4 nitrogen and oxygen atoms in total. The molecule has 0 unspecified atom stereocenters. The van der Waals surface area contributed by atoms with Gasteiger partial charge in [-0.05, 0) is 29.8 Å². The van der Waals surface area contributed by atoms with Crippen LogP contribution in [-0.4, -0.2) is 13.0 Å². The largest absolute Gasteiger partial charge is 0.497 e. The second-order valence-electron chi connectivity index (χ2n) is 4.11. The zero-order chi connectivity index (χ0) is 13.7. The average molecular weight is 256 g/mol. The summed E-state index contributed by atoms with van der Waals surface area (Å²) in [6, 6.07) is 14.9. The van der Waals surface area contributed by atoms with Gasteiger partial charge in [0.05, 0.1) is 12.7 Å². The van der Waals surface area contributed by atoms with E-state index in [9.17, 15) is 4.79 Å². The Hall–Kier alpha value is -2.49. The second kappa shape index (κ2) is 5.91. The highest BCUT2D eigenvalue weighted by Crippen LogP contribution is 2.17. The summed E-state index contributed by atoms with van der Waals surface area (Å²) in [5.41, 5.74) is 7.62. The fourth-order valence-electron chi connectivity index (χ4n) is 1.83. The molecule has 2 aromatic rings. The van der Waals surface area contributed by atoms with E-state index < -0.39 is 5.91 Å². The summed E-state index contributed by atoms with van der Waals surface area (Å²) in [6.45, 7) is 0.599. The molecule has 0 aliphatic rings. The predicted octanol–water partition coefficient (Wildman–Crippen LogP) is 2.41. The van der Waals surface area contributed by atoms with Crippen molar-refractivity contribution in [1.29, 1.82) is 0 Å². The van der Waals surface area contributed by atoms with Crippen LogP contribution in [0.3, 0.4) is 0 Å². The Morgan fingerprint density at radius 2 is 2.00 bits per heavy atom. The maximum Gasteiger partial charge on any atom is 0.250 e. The van der Waals surface area contributed by atoms with Gasteiger partial charge in [-0.25, -0.2) is 0 Å². The zero-order valence-corrected chi connectivity index (χ0v) is 10.7. The number of para-hydroxylation sites is 1. The van der Waals surface area contributed by atoms with E-state index >= 15 is 0 Å². The number of primary amides is 1. The summed E-state index contributed by atoms with van der Waals surface area (Å²) in [7, 11) is 1.63. The molecule has 19 heavy (non-hydrogen) atoms. The van der Waals surface area contributed by atoms with Crippen molar-refractivity contribution in [1.82, 2.24) is 0 Å². The molecule has 2 rings (SSSR count). The smallest absolute Gasteiger partial charge is 0.250 e. The van der Waals surface area contributed by atoms with Crippen LogP contribution in [0.1, 0.15) is 15.9 Å². The van der Waals surface area contributed by atoms with Crippen LogP contribution < -0.4 is 15.8 Å². The van der Waals surface area contributed by atoms with Crippen molar-refractivity contribution in [3.63, 3.8) is 0 Å². The number of methoxy groups -OCH3 is 1. The summed E-state index contributed by atoms with van der Waals surface area (Å²) in [5, 5.41) is 3.21. The maximum atomic E-state index is 11.3. The van der Waals surface area contributed by atoms with E-state index in [1.165, 1.54) is 0 Å². The van der Waals surface area contributed by atoms with Crippen LogP contribution in [0.25, 0.3) is 0 Å². The van der Waals surface area contributed by atoms with Crippen LogP contribution in [0, 0.1) is 0 Å². The minimum absolute atomic E-state index is 0.436. The Morgan fingerprint density at radius 1 is 1.21 bits per heavy atom. The van der Waals surface area contributed by atoms with Gasteiger partial charge in [-0.2, -0.15) is 0 Å². The quantitative estimate of drug-likeness (QED) is 0.863. The van der Waals surface area contributed by atoms with Crippen molar-refractivity contribution in [2.75, 3.05) is 12.4 Å². The summed E-state index contributed by atoms with van der Waals surface area (Å²) in [5.74, 6) is 0.372. The molecule has 0 atom stereocenters. The number of nitrogens with two attached hydrogens (primary N) is 1. The Labute approximate surface area is 112 Å². The first kappa shape index (κ1) is 13.0. The van der Waals surface area contributed by atoms with Gasteiger partial charge in [-0.1, -0.05) is 24.3 Å². The number of rotatable bonds is 5. The SMILES string of the molecule is COc1cccc(CNc2ccccc2C(N)=O)c1. The van der Waals surface area contributed by atoms with Gasteiger partial charge in [-0.3, -0.25) is 4.79 Å². The maximum absolute atomic E-state index is 11.3. The molecular formula is C15H16N2O2. The van der Waals surface area contributed by atoms with E-state index in [-0.39, 0.29) is 0 Å². The number of anilines is 1. The van der Waals surface area contributed by atoms with Crippen LogP contribution in [0.5, 0.6) is 5.75 Å². The van der Waals surface area contributed by atoms with Crippen molar-refractivity contribution < 1.29 is 9.53 Å². The molecule has 2 aromatic carbocycles. The van der Waals surface area contributed by atoms with Gasteiger partial charge >= 0.3 is 0 Å². The lowest BCUT2D eigenvalue weighted by atomic mass is 10.1. The predicted molar refractivity (Wildman–Crippen MR) is 75.3 cm³/mol. The molecule has 0 aliphatic heterocycles. The summed E-state index contributed by atoms with van der Waals surface area (Å²) >= 11 is 0. The van der Waals surface area contributed by atoms with Crippen LogP contribution in [-0.2, 0) is 6.54 Å². The van der Waals surface area contributed by atoms with Crippen molar-refractivity contribution in [3.8, 4) is 5.75 Å². The van der Waals surface area contributed by atoms with Gasteiger partial charge in [-0.15, -0.1) is 0 Å². The lowest BCUT2D eigenvalue weighted by molar-refractivity contribution is 0.100. The van der Waals surface area contributed by atoms with Crippen LogP contribution in [0.4, 0.5) is 5.69 Å². The molecule has 98 valence electrons. The fraction of sp³-hybridized carbons (Fsp3) is 0.133. The lowest BCUT2D eigenvalue weighted by Crippen LogP contribution is -2.14. The monoisotopic (exact) mass is 256 g/mol. The van der Waals surface area contributed by atoms with Crippen molar-refractivity contribution in [2.45, 2.75) is 6.54 Å². The second-order valence-corrected chi connectivity index (χ2v) is 4.11. The molecule has 0 saturated carbocycles. The topological polar surface area (TPSA) is 64.3 Å². The molecule has 0 saturated heterocycles. The molecule has 0 aromatic heterocycles. The Kier molecular flexibility index (Phi) is 4.03. The first-order valence-electron chi connectivity index (χ1n) is 5.96. The van der Waals surface area contributed by atoms with Crippen LogP contribution in [0.15, 0.2) is 48.5 Å². The van der Waals surface area contributed by atoms with E-state index in [2.05, 4.69) is 5.32 Å². The Balaban J connectivity index is 2.12. The van der Waals surface area contributed by atoms with E-state index in [0.717, 1.165) is 17.0 Å². The van der Waals surface area contributed by atoms with Gasteiger partial charge in [0.15, 0.2) is 0 Å². The standard InChI is InChI=1S/C15H16N2O2/c1-19-12-6-4-5-11(9-12)10-17-14-8-3-2-7-13(14)15(16)18/h2-9,17H,10H2,1H3,(H2,16,18). The zero-order valence-electron chi connectivity index (χ0n) is 10.7. The molecule has 0 spiro atoms. The Morgan fingerprint density at radius 3 is 2.74 bits per heavy atom. The van der Waals surface area contributed by atoms with Crippen molar-refractivity contribution >= 4 is 11.6 Å². The van der Waals surface area contributed by atoms with Gasteiger partial charge in [0.25, 0.3) is 5.91 Å². The fourth-order valence-corrected chi connectivity index (χ4v) is 1.83. The molecule has 0 radical (unpaired) electrons. The molecular weight excluding hydrogens is 240 g/mol. The van der Waals surface area contributed by atoms with E-state index in [4.69, 9.17) is 10.5 Å². The number of carbonyl (C=O) groups is 1. The highest BCUT2D eigenvalue weighted by Gasteiger charge is 2.06. The molecule has 0 aliphatic carbocycles. The highest BCUT2D eigenvalue weighted by molar-refractivity contribution is 5.98. The third-order valence-electron chi connectivity index (χ3n) is 2.81. The van der Waals surface area contributed by atoms with Gasteiger partial charge in [0.2, 0.25) is 0 Å². The molecule has 4 heteroatoms. The molecule has 0 heterocycles. The number of hydrogen-bond acceptors (Lipinski definition) is 3. The summed E-state index contributed by atoms with van der Waals surface area (Å²) < 4.78 is 5.17. The van der Waals surface area contributed by atoms with E-state index in [0.29, 0.717) is 12.1 Å². The average Bonchev–Trinajstić information content (AvgIpc) is 2.45. The molecule has 0 bridgehead atoms. The minimum Gasteiger partial charge on any atom is -0.497 e. The van der Waals surface area contributed by atoms with E-state index in [1.807, 2.05) is 36.4 Å². The highest BCUT2D eigenvalue weighted by atomic mass is 16.5. The van der Waals surface area contributed by atoms with Crippen molar-refractivity contribution in [2.24, 2.45) is 5.73 Å². The van der Waals surface area contributed by atoms with Crippen molar-refractivity contribution in [3.05, 3.63) is 59.7 Å². The molecule has 0 fully saturated rings. The van der Waals surface area contributed by atoms with E-state index in [1.54, 1.807) is 19.2 Å². The number of carbonyl (C=O) groups excluding carboxylic acids is 1. The number of amides is 1. The van der Waals surface area contributed by atoms with Crippen LogP contribution in [0.2, 0.25) is 0 Å². The Bertz CT molecular complexity index is 582. The summed E-state index contributed by atoms with van der Waals surface area (Å²) in [4.78, 5) is 11.3. The minimum atomic E-state index is -0.436. The third kappa shape index (κ3) is 3.25. The lowest BCUT2D eigenvalue weighted by Gasteiger charge is -2.10. The van der Waals surface area contributed by atoms with Gasteiger partial charge in [0.1, 0.15) is 5.75 Å². The van der Waals surface area contributed by atoms with Crippen LogP contribution >= 0.6 is 0 Å².